The van der Waals surface area contributed by atoms with Crippen molar-refractivity contribution in [1.82, 2.24) is 14.4 Å². The molecule has 1 amide bonds. The Hall–Kier alpha value is -3.41. The number of carbonyl (C=O) groups is 1. The number of nitrogens with zero attached hydrogens (tertiary/aromatic N) is 3. The van der Waals surface area contributed by atoms with Crippen LogP contribution in [0.3, 0.4) is 0 Å². The Kier molecular flexibility index (Phi) is 3.35. The van der Waals surface area contributed by atoms with Gasteiger partial charge in [0.05, 0.1) is 12.4 Å². The lowest BCUT2D eigenvalue weighted by Crippen LogP contribution is -2.15. The van der Waals surface area contributed by atoms with Crippen molar-refractivity contribution in [1.29, 1.82) is 0 Å². The topological polar surface area (TPSA) is 72.4 Å². The van der Waals surface area contributed by atoms with Crippen LogP contribution in [0.4, 0.5) is 5.69 Å². The summed E-state index contributed by atoms with van der Waals surface area (Å²) in [4.78, 5) is 21.0. The number of nitrogens with one attached hydrogen (secondary N) is 1. The van der Waals surface area contributed by atoms with Crippen LogP contribution >= 0.6 is 0 Å². The molecule has 4 aromatic rings. The first-order valence-electron chi connectivity index (χ1n) is 7.46. The number of amides is 1. The van der Waals surface area contributed by atoms with Crippen molar-refractivity contribution in [3.8, 4) is 11.5 Å². The van der Waals surface area contributed by atoms with Gasteiger partial charge in [-0.3, -0.25) is 9.20 Å². The van der Waals surface area contributed by atoms with E-state index in [0.29, 0.717) is 17.3 Å². The molecule has 0 bridgehead atoms. The predicted octanol–water partition coefficient (Wildman–Crippen LogP) is 3.55. The van der Waals surface area contributed by atoms with Crippen molar-refractivity contribution < 1.29 is 9.21 Å². The highest BCUT2D eigenvalue weighted by Gasteiger charge is 2.14. The Bertz CT molecular complexity index is 1020. The Balaban J connectivity index is 1.67. The van der Waals surface area contributed by atoms with Crippen LogP contribution < -0.4 is 5.32 Å². The maximum Gasteiger partial charge on any atom is 0.274 e. The molecule has 0 atom stereocenters. The van der Waals surface area contributed by atoms with Gasteiger partial charge in [-0.1, -0.05) is 12.1 Å². The van der Waals surface area contributed by atoms with Crippen molar-refractivity contribution in [2.24, 2.45) is 0 Å². The van der Waals surface area contributed by atoms with Crippen molar-refractivity contribution in [3.63, 3.8) is 0 Å². The van der Waals surface area contributed by atoms with Crippen LogP contribution in [0.1, 0.15) is 16.1 Å². The molecule has 0 saturated carbocycles. The molecule has 0 spiro atoms. The van der Waals surface area contributed by atoms with Gasteiger partial charge in [0.2, 0.25) is 5.89 Å². The van der Waals surface area contributed by atoms with Gasteiger partial charge in [0, 0.05) is 17.4 Å². The van der Waals surface area contributed by atoms with Crippen molar-refractivity contribution in [3.05, 3.63) is 72.5 Å². The van der Waals surface area contributed by atoms with Gasteiger partial charge in [0.25, 0.3) is 5.91 Å². The molecule has 0 fully saturated rings. The smallest absolute Gasteiger partial charge is 0.274 e. The molecule has 0 aliphatic heterocycles. The molecule has 4 rings (SSSR count). The van der Waals surface area contributed by atoms with Gasteiger partial charge in [-0.15, -0.1) is 0 Å². The number of benzene rings is 1. The standard InChI is InChI=1S/C18H14N4O2/c1-12-5-6-13(18-19-7-9-24-18)10-14(12)21-17(23)15-11-20-16-4-2-3-8-22(15)16/h2-11H,1H3,(H,21,23). The van der Waals surface area contributed by atoms with E-state index < -0.39 is 0 Å². The van der Waals surface area contributed by atoms with E-state index in [0.717, 1.165) is 16.8 Å². The monoisotopic (exact) mass is 318 g/mol. The maximum atomic E-state index is 12.6. The third-order valence-corrected chi connectivity index (χ3v) is 3.81. The van der Waals surface area contributed by atoms with Crippen LogP contribution in [0.25, 0.3) is 17.1 Å². The third kappa shape index (κ3) is 2.44. The van der Waals surface area contributed by atoms with Gasteiger partial charge in [-0.25, -0.2) is 9.97 Å². The lowest BCUT2D eigenvalue weighted by atomic mass is 10.1. The summed E-state index contributed by atoms with van der Waals surface area (Å²) < 4.78 is 7.06. The normalized spacial score (nSPS) is 10.9. The highest BCUT2D eigenvalue weighted by atomic mass is 16.3. The van der Waals surface area contributed by atoms with Crippen LogP contribution in [0.15, 0.2) is 65.7 Å². The second-order valence-electron chi connectivity index (χ2n) is 5.39. The fraction of sp³-hybridized carbons (Fsp3) is 0.0556. The number of aryl methyl sites for hydroxylation is 1. The summed E-state index contributed by atoms with van der Waals surface area (Å²) in [5.41, 5.74) is 3.67. The average Bonchev–Trinajstić information content (AvgIpc) is 3.26. The van der Waals surface area contributed by atoms with Gasteiger partial charge in [-0.2, -0.15) is 0 Å². The van der Waals surface area contributed by atoms with Crippen molar-refractivity contribution >= 4 is 17.2 Å². The fourth-order valence-electron chi connectivity index (χ4n) is 2.54. The summed E-state index contributed by atoms with van der Waals surface area (Å²) in [5, 5.41) is 2.94. The summed E-state index contributed by atoms with van der Waals surface area (Å²) in [6.07, 6.45) is 6.49. The zero-order valence-electron chi connectivity index (χ0n) is 12.9. The summed E-state index contributed by atoms with van der Waals surface area (Å²) in [7, 11) is 0. The molecule has 24 heavy (non-hydrogen) atoms. The molecule has 6 heteroatoms. The van der Waals surface area contributed by atoms with E-state index in [1.165, 1.54) is 6.26 Å². The largest absolute Gasteiger partial charge is 0.445 e. The van der Waals surface area contributed by atoms with E-state index in [4.69, 9.17) is 4.42 Å². The second-order valence-corrected chi connectivity index (χ2v) is 5.39. The molecule has 1 aromatic carbocycles. The molecule has 3 heterocycles. The number of rotatable bonds is 3. The van der Waals surface area contributed by atoms with E-state index in [1.54, 1.807) is 16.8 Å². The predicted molar refractivity (Wildman–Crippen MR) is 89.8 cm³/mol. The van der Waals surface area contributed by atoms with E-state index in [9.17, 15) is 4.79 Å². The third-order valence-electron chi connectivity index (χ3n) is 3.81. The Morgan fingerprint density at radius 2 is 2.12 bits per heavy atom. The van der Waals surface area contributed by atoms with Gasteiger partial charge in [0.15, 0.2) is 0 Å². The number of hydrogen-bond donors (Lipinski definition) is 1. The van der Waals surface area contributed by atoms with Crippen LogP contribution in [-0.2, 0) is 0 Å². The van der Waals surface area contributed by atoms with Gasteiger partial charge >= 0.3 is 0 Å². The number of carbonyl (C=O) groups excluding carboxylic acids is 1. The molecule has 0 aliphatic carbocycles. The van der Waals surface area contributed by atoms with Crippen molar-refractivity contribution in [2.75, 3.05) is 5.32 Å². The molecule has 1 N–H and O–H groups in total. The number of fused-ring (bicyclic) bond motifs is 1. The van der Waals surface area contributed by atoms with Gasteiger partial charge in [0.1, 0.15) is 17.6 Å². The van der Waals surface area contributed by atoms with Crippen LogP contribution in [0.2, 0.25) is 0 Å². The first-order valence-corrected chi connectivity index (χ1v) is 7.46. The second kappa shape index (κ2) is 5.66. The Morgan fingerprint density at radius 1 is 1.21 bits per heavy atom. The summed E-state index contributed by atoms with van der Waals surface area (Å²) >= 11 is 0. The minimum absolute atomic E-state index is 0.221. The first-order chi connectivity index (χ1) is 11.7. The minimum atomic E-state index is -0.221. The fourth-order valence-corrected chi connectivity index (χ4v) is 2.54. The SMILES string of the molecule is Cc1ccc(-c2ncco2)cc1NC(=O)c1cnc2ccccn12. The number of aromatic nitrogens is 3. The van der Waals surface area contributed by atoms with E-state index in [2.05, 4.69) is 15.3 Å². The van der Waals surface area contributed by atoms with Gasteiger partial charge < -0.3 is 9.73 Å². The number of oxazole rings is 1. The van der Waals surface area contributed by atoms with E-state index >= 15 is 0 Å². The zero-order valence-corrected chi connectivity index (χ0v) is 12.9. The molecular weight excluding hydrogens is 304 g/mol. The zero-order chi connectivity index (χ0) is 16.5. The van der Waals surface area contributed by atoms with Crippen molar-refractivity contribution in [2.45, 2.75) is 6.92 Å². The number of hydrogen-bond acceptors (Lipinski definition) is 4. The highest BCUT2D eigenvalue weighted by Crippen LogP contribution is 2.24. The molecular formula is C18H14N4O2. The minimum Gasteiger partial charge on any atom is -0.445 e. The van der Waals surface area contributed by atoms with Crippen LogP contribution in [0, 0.1) is 6.92 Å². The molecule has 0 radical (unpaired) electrons. The lowest BCUT2D eigenvalue weighted by Gasteiger charge is -2.09. The van der Waals surface area contributed by atoms with Crippen LogP contribution in [-0.4, -0.2) is 20.3 Å². The Labute approximate surface area is 137 Å². The molecule has 6 nitrogen and oxygen atoms in total. The number of pyridine rings is 1. The summed E-state index contributed by atoms with van der Waals surface area (Å²) in [5.74, 6) is 0.293. The molecule has 0 saturated heterocycles. The van der Waals surface area contributed by atoms with E-state index in [1.807, 2.05) is 49.5 Å². The molecule has 118 valence electrons. The first kappa shape index (κ1) is 14.2. The van der Waals surface area contributed by atoms with Crippen LogP contribution in [0.5, 0.6) is 0 Å². The molecule has 0 aliphatic rings. The summed E-state index contributed by atoms with van der Waals surface area (Å²) in [6.45, 7) is 1.93. The number of imidazole rings is 1. The van der Waals surface area contributed by atoms with Gasteiger partial charge in [-0.05, 0) is 36.8 Å². The maximum absolute atomic E-state index is 12.6. The number of anilines is 1. The molecule has 3 aromatic heterocycles. The molecule has 0 unspecified atom stereocenters. The quantitative estimate of drug-likeness (QED) is 0.627. The average molecular weight is 318 g/mol. The Morgan fingerprint density at radius 3 is 2.96 bits per heavy atom. The highest BCUT2D eigenvalue weighted by molar-refractivity contribution is 6.04. The summed E-state index contributed by atoms with van der Waals surface area (Å²) in [6, 6.07) is 11.3. The lowest BCUT2D eigenvalue weighted by molar-refractivity contribution is 0.102. The van der Waals surface area contributed by atoms with E-state index in [-0.39, 0.29) is 5.91 Å².